The lowest BCUT2D eigenvalue weighted by molar-refractivity contribution is -0.119. The lowest BCUT2D eigenvalue weighted by Crippen LogP contribution is -2.35. The number of rotatable bonds is 3. The van der Waals surface area contributed by atoms with Crippen LogP contribution < -0.4 is 15.5 Å². The Morgan fingerprint density at radius 3 is 3.06 bits per heavy atom. The van der Waals surface area contributed by atoms with Gasteiger partial charge in [-0.15, -0.1) is 0 Å². The maximum Gasteiger partial charge on any atom is 0.224 e. The van der Waals surface area contributed by atoms with Gasteiger partial charge in [-0.3, -0.25) is 4.79 Å². The zero-order valence-corrected chi connectivity index (χ0v) is 11.2. The molecule has 18 heavy (non-hydrogen) atoms. The monoisotopic (exact) mass is 269 g/mol. The Morgan fingerprint density at radius 1 is 1.61 bits per heavy atom. The van der Waals surface area contributed by atoms with Gasteiger partial charge in [-0.1, -0.05) is 11.6 Å². The number of carbonyl (C=O) groups is 1. The van der Waals surface area contributed by atoms with E-state index in [0.717, 1.165) is 19.5 Å². The molecule has 0 bridgehead atoms. The van der Waals surface area contributed by atoms with E-state index in [2.05, 4.69) is 25.5 Å². The highest BCUT2D eigenvalue weighted by Gasteiger charge is 2.25. The number of nitrogens with one attached hydrogen (secondary N) is 2. The van der Waals surface area contributed by atoms with Crippen LogP contribution in [0.5, 0.6) is 0 Å². The Hall–Kier alpha value is -1.56. The average molecular weight is 270 g/mol. The van der Waals surface area contributed by atoms with Gasteiger partial charge in [0.1, 0.15) is 5.02 Å². The summed E-state index contributed by atoms with van der Waals surface area (Å²) in [5, 5.41) is 6.32. The van der Waals surface area contributed by atoms with E-state index in [-0.39, 0.29) is 11.9 Å². The van der Waals surface area contributed by atoms with E-state index in [4.69, 9.17) is 11.6 Å². The fourth-order valence-corrected chi connectivity index (χ4v) is 2.27. The molecule has 2 N–H and O–H groups in total. The van der Waals surface area contributed by atoms with Crippen molar-refractivity contribution in [1.82, 2.24) is 15.3 Å². The minimum absolute atomic E-state index is 0.00783. The molecule has 98 valence electrons. The van der Waals surface area contributed by atoms with Crippen LogP contribution >= 0.6 is 11.6 Å². The van der Waals surface area contributed by atoms with Crippen molar-refractivity contribution in [3.63, 3.8) is 0 Å². The first kappa shape index (κ1) is 12.9. The maximum absolute atomic E-state index is 11.0. The van der Waals surface area contributed by atoms with Crippen LogP contribution in [0.3, 0.4) is 0 Å². The van der Waals surface area contributed by atoms with Gasteiger partial charge in [0.05, 0.1) is 6.20 Å². The first-order chi connectivity index (χ1) is 8.60. The molecule has 1 aliphatic heterocycles. The fourth-order valence-electron chi connectivity index (χ4n) is 2.06. The summed E-state index contributed by atoms with van der Waals surface area (Å²) in [7, 11) is 1.76. The molecule has 1 fully saturated rings. The van der Waals surface area contributed by atoms with E-state index in [1.807, 2.05) is 0 Å². The van der Waals surface area contributed by atoms with Gasteiger partial charge in [0.25, 0.3) is 0 Å². The van der Waals surface area contributed by atoms with Gasteiger partial charge in [-0.05, 0) is 6.42 Å². The van der Waals surface area contributed by atoms with E-state index in [9.17, 15) is 4.79 Å². The molecule has 1 unspecified atom stereocenters. The second-order valence-corrected chi connectivity index (χ2v) is 4.65. The summed E-state index contributed by atoms with van der Waals surface area (Å²) in [6.45, 7) is 3.07. The van der Waals surface area contributed by atoms with Gasteiger partial charge in [0, 0.05) is 33.1 Å². The first-order valence-electron chi connectivity index (χ1n) is 5.82. The second kappa shape index (κ2) is 5.39. The number of hydrogen-bond acceptors (Lipinski definition) is 5. The molecule has 0 spiro atoms. The van der Waals surface area contributed by atoms with Gasteiger partial charge in [-0.2, -0.15) is 4.98 Å². The van der Waals surface area contributed by atoms with Crippen molar-refractivity contribution < 1.29 is 4.79 Å². The minimum atomic E-state index is -0.00783. The Balaban J connectivity index is 2.11. The molecule has 1 amide bonds. The van der Waals surface area contributed by atoms with Crippen LogP contribution in [0.25, 0.3) is 0 Å². The second-order valence-electron chi connectivity index (χ2n) is 4.25. The highest BCUT2D eigenvalue weighted by atomic mass is 35.5. The number of carbonyl (C=O) groups excluding carboxylic acids is 1. The number of amides is 1. The Labute approximate surface area is 111 Å². The van der Waals surface area contributed by atoms with Crippen molar-refractivity contribution in [2.24, 2.45) is 0 Å². The highest BCUT2D eigenvalue weighted by molar-refractivity contribution is 6.32. The molecule has 1 saturated heterocycles. The molecule has 1 atom stereocenters. The molecule has 0 aliphatic carbocycles. The number of halogens is 1. The van der Waals surface area contributed by atoms with E-state index >= 15 is 0 Å². The van der Waals surface area contributed by atoms with Crippen LogP contribution in [0.4, 0.5) is 11.8 Å². The van der Waals surface area contributed by atoms with E-state index in [1.165, 1.54) is 6.92 Å². The van der Waals surface area contributed by atoms with Gasteiger partial charge < -0.3 is 15.5 Å². The number of hydrogen-bond donors (Lipinski definition) is 2. The SMILES string of the molecule is CNc1ncc(Cl)c(N2CCC(NC(C)=O)C2)n1. The fraction of sp³-hybridized carbons (Fsp3) is 0.545. The topological polar surface area (TPSA) is 70.2 Å². The lowest BCUT2D eigenvalue weighted by Gasteiger charge is -2.19. The highest BCUT2D eigenvalue weighted by Crippen LogP contribution is 2.26. The van der Waals surface area contributed by atoms with Crippen LogP contribution in [-0.2, 0) is 4.79 Å². The molecule has 0 radical (unpaired) electrons. The zero-order chi connectivity index (χ0) is 13.1. The van der Waals surface area contributed by atoms with Crippen molar-refractivity contribution in [3.05, 3.63) is 11.2 Å². The largest absolute Gasteiger partial charge is 0.357 e. The predicted molar refractivity (Wildman–Crippen MR) is 71.0 cm³/mol. The normalized spacial score (nSPS) is 18.8. The van der Waals surface area contributed by atoms with Crippen LogP contribution in [-0.4, -0.2) is 42.1 Å². The number of aromatic nitrogens is 2. The van der Waals surface area contributed by atoms with Gasteiger partial charge in [0.15, 0.2) is 5.82 Å². The van der Waals surface area contributed by atoms with Crippen molar-refractivity contribution in [2.75, 3.05) is 30.4 Å². The molecule has 6 nitrogen and oxygen atoms in total. The molecule has 1 aromatic heterocycles. The summed E-state index contributed by atoms with van der Waals surface area (Å²) in [4.78, 5) is 21.5. The van der Waals surface area contributed by atoms with Crippen molar-refractivity contribution in [2.45, 2.75) is 19.4 Å². The Kier molecular flexibility index (Phi) is 3.86. The Morgan fingerprint density at radius 2 is 2.39 bits per heavy atom. The molecule has 0 saturated carbocycles. The van der Waals surface area contributed by atoms with E-state index < -0.39 is 0 Å². The summed E-state index contributed by atoms with van der Waals surface area (Å²) in [6.07, 6.45) is 2.48. The predicted octanol–water partition coefficient (Wildman–Crippen LogP) is 0.886. The van der Waals surface area contributed by atoms with E-state index in [1.54, 1.807) is 13.2 Å². The van der Waals surface area contributed by atoms with Crippen LogP contribution in [0.1, 0.15) is 13.3 Å². The van der Waals surface area contributed by atoms with Crippen molar-refractivity contribution in [1.29, 1.82) is 0 Å². The summed E-state index contributed by atoms with van der Waals surface area (Å²) in [5.74, 6) is 1.24. The third kappa shape index (κ3) is 2.81. The molecular formula is C11H16ClN5O. The molecule has 2 rings (SSSR count). The van der Waals surface area contributed by atoms with Crippen LogP contribution in [0, 0.1) is 0 Å². The molecule has 1 aliphatic rings. The summed E-state index contributed by atoms with van der Waals surface area (Å²) < 4.78 is 0. The third-order valence-corrected chi connectivity index (χ3v) is 3.11. The first-order valence-corrected chi connectivity index (χ1v) is 6.20. The van der Waals surface area contributed by atoms with Crippen molar-refractivity contribution >= 4 is 29.3 Å². The number of nitrogens with zero attached hydrogens (tertiary/aromatic N) is 3. The summed E-state index contributed by atoms with van der Waals surface area (Å²) >= 11 is 6.10. The van der Waals surface area contributed by atoms with Gasteiger partial charge in [-0.25, -0.2) is 4.98 Å². The lowest BCUT2D eigenvalue weighted by atomic mass is 10.3. The maximum atomic E-state index is 11.0. The van der Waals surface area contributed by atoms with Gasteiger partial charge in [0.2, 0.25) is 11.9 Å². The van der Waals surface area contributed by atoms with Crippen LogP contribution in [0.15, 0.2) is 6.20 Å². The molecule has 7 heteroatoms. The van der Waals surface area contributed by atoms with Crippen molar-refractivity contribution in [3.8, 4) is 0 Å². The molecule has 2 heterocycles. The van der Waals surface area contributed by atoms with E-state index in [0.29, 0.717) is 16.8 Å². The van der Waals surface area contributed by atoms with Gasteiger partial charge >= 0.3 is 0 Å². The molecule has 1 aromatic rings. The summed E-state index contributed by atoms with van der Waals surface area (Å²) in [6, 6.07) is 0.159. The smallest absolute Gasteiger partial charge is 0.224 e. The average Bonchev–Trinajstić information content (AvgIpc) is 2.77. The molecular weight excluding hydrogens is 254 g/mol. The van der Waals surface area contributed by atoms with Crippen LogP contribution in [0.2, 0.25) is 5.02 Å². The minimum Gasteiger partial charge on any atom is -0.357 e. The molecule has 0 aromatic carbocycles. The number of anilines is 2. The third-order valence-electron chi connectivity index (χ3n) is 2.84. The Bertz CT molecular complexity index is 453. The standard InChI is InChI=1S/C11H16ClN5O/c1-7(18)15-8-3-4-17(6-8)10-9(12)5-14-11(13-2)16-10/h5,8H,3-4,6H2,1-2H3,(H,15,18)(H,13,14,16). The zero-order valence-electron chi connectivity index (χ0n) is 10.4. The summed E-state index contributed by atoms with van der Waals surface area (Å²) in [5.41, 5.74) is 0. The quantitative estimate of drug-likeness (QED) is 0.853.